The van der Waals surface area contributed by atoms with Crippen LogP contribution >= 0.6 is 34.7 Å². The number of benzene rings is 1. The fourth-order valence-corrected chi connectivity index (χ4v) is 3.57. The number of hydrogen-bond acceptors (Lipinski definition) is 4. The highest BCUT2D eigenvalue weighted by Crippen LogP contribution is 2.22. The van der Waals surface area contributed by atoms with Gasteiger partial charge in [0.05, 0.1) is 5.01 Å². The summed E-state index contributed by atoms with van der Waals surface area (Å²) in [7, 11) is 0. The van der Waals surface area contributed by atoms with Crippen molar-refractivity contribution in [3.05, 3.63) is 45.4 Å². The van der Waals surface area contributed by atoms with Gasteiger partial charge in [-0.2, -0.15) is 0 Å². The number of nitrogens with zero attached hydrogens (tertiary/aromatic N) is 1. The molecule has 0 aliphatic heterocycles. The molecule has 0 bridgehead atoms. The number of aromatic nitrogens is 1. The number of rotatable bonds is 5. The molecule has 0 fully saturated rings. The molecular formula is C13H15ClN2S2. The van der Waals surface area contributed by atoms with Crippen molar-refractivity contribution < 1.29 is 0 Å². The lowest BCUT2D eigenvalue weighted by Crippen LogP contribution is -2.25. The fourth-order valence-electron chi connectivity index (χ4n) is 1.54. The molecule has 2 nitrogen and oxygen atoms in total. The van der Waals surface area contributed by atoms with Gasteiger partial charge in [-0.3, -0.25) is 0 Å². The molecule has 2 N–H and O–H groups in total. The summed E-state index contributed by atoms with van der Waals surface area (Å²) in [4.78, 5) is 5.59. The first-order chi connectivity index (χ1) is 8.63. The Balaban J connectivity index is 1.83. The van der Waals surface area contributed by atoms with Gasteiger partial charge in [0.25, 0.3) is 0 Å². The maximum Gasteiger partial charge on any atom is 0.0943 e. The molecule has 1 unspecified atom stereocenters. The van der Waals surface area contributed by atoms with Gasteiger partial charge in [-0.05, 0) is 25.1 Å². The van der Waals surface area contributed by atoms with E-state index in [1.54, 1.807) is 23.1 Å². The van der Waals surface area contributed by atoms with Crippen LogP contribution in [-0.2, 0) is 6.42 Å². The normalized spacial score (nSPS) is 12.6. The number of thiazole rings is 1. The number of nitrogens with two attached hydrogens (primary N) is 1. The Bertz CT molecular complexity index is 513. The third-order valence-corrected chi connectivity index (χ3v) is 4.77. The maximum absolute atomic E-state index is 6.11. The molecule has 0 aliphatic rings. The topological polar surface area (TPSA) is 38.9 Å². The average Bonchev–Trinajstić information content (AvgIpc) is 2.72. The van der Waals surface area contributed by atoms with Crippen molar-refractivity contribution in [2.24, 2.45) is 5.73 Å². The summed E-state index contributed by atoms with van der Waals surface area (Å²) in [5.74, 6) is 0.874. The third-order valence-electron chi connectivity index (χ3n) is 2.36. The number of thioether (sulfide) groups is 1. The summed E-state index contributed by atoms with van der Waals surface area (Å²) in [6, 6.07) is 7.98. The zero-order chi connectivity index (χ0) is 13.0. The van der Waals surface area contributed by atoms with Crippen LogP contribution in [0.3, 0.4) is 0 Å². The van der Waals surface area contributed by atoms with Gasteiger partial charge in [-0.25, -0.2) is 4.98 Å². The molecule has 0 aliphatic carbocycles. The van der Waals surface area contributed by atoms with E-state index in [1.165, 1.54) is 0 Å². The van der Waals surface area contributed by atoms with Crippen LogP contribution in [0.4, 0.5) is 0 Å². The van der Waals surface area contributed by atoms with Crippen molar-refractivity contribution in [2.45, 2.75) is 24.3 Å². The summed E-state index contributed by atoms with van der Waals surface area (Å²) in [5, 5.41) is 3.95. The zero-order valence-corrected chi connectivity index (χ0v) is 12.5. The quantitative estimate of drug-likeness (QED) is 0.854. The molecule has 0 radical (unpaired) electrons. The lowest BCUT2D eigenvalue weighted by molar-refractivity contribution is 0.743. The average molecular weight is 299 g/mol. The number of halogens is 1. The number of hydrogen-bond donors (Lipinski definition) is 1. The van der Waals surface area contributed by atoms with E-state index < -0.39 is 0 Å². The molecule has 0 spiro atoms. The summed E-state index contributed by atoms with van der Waals surface area (Å²) in [6.07, 6.45) is 0.839. The van der Waals surface area contributed by atoms with Gasteiger partial charge < -0.3 is 5.73 Å². The molecule has 2 aromatic rings. The Morgan fingerprint density at radius 3 is 3.00 bits per heavy atom. The Labute approximate surface area is 121 Å². The zero-order valence-electron chi connectivity index (χ0n) is 10.1. The molecule has 0 saturated carbocycles. The van der Waals surface area contributed by atoms with E-state index >= 15 is 0 Å². The van der Waals surface area contributed by atoms with Crippen molar-refractivity contribution in [2.75, 3.05) is 5.75 Å². The molecule has 96 valence electrons. The van der Waals surface area contributed by atoms with E-state index in [-0.39, 0.29) is 6.04 Å². The highest BCUT2D eigenvalue weighted by molar-refractivity contribution is 7.99. The van der Waals surface area contributed by atoms with E-state index in [4.69, 9.17) is 17.3 Å². The molecule has 1 atom stereocenters. The Kier molecular flexibility index (Phi) is 5.06. The molecular weight excluding hydrogens is 284 g/mol. The minimum Gasteiger partial charge on any atom is -0.327 e. The van der Waals surface area contributed by atoms with Crippen LogP contribution in [0.1, 0.15) is 10.7 Å². The van der Waals surface area contributed by atoms with Gasteiger partial charge in [0, 0.05) is 39.2 Å². The van der Waals surface area contributed by atoms with Gasteiger partial charge in [0.15, 0.2) is 0 Å². The Morgan fingerprint density at radius 2 is 2.33 bits per heavy atom. The lowest BCUT2D eigenvalue weighted by atomic mass is 10.3. The highest BCUT2D eigenvalue weighted by atomic mass is 35.5. The molecule has 2 rings (SSSR count). The predicted molar refractivity (Wildman–Crippen MR) is 80.7 cm³/mol. The van der Waals surface area contributed by atoms with Gasteiger partial charge in [-0.15, -0.1) is 23.1 Å². The van der Waals surface area contributed by atoms with Crippen LogP contribution in [0, 0.1) is 6.92 Å². The van der Waals surface area contributed by atoms with Crippen LogP contribution in [0.15, 0.2) is 34.5 Å². The van der Waals surface area contributed by atoms with Gasteiger partial charge in [0.1, 0.15) is 0 Å². The Morgan fingerprint density at radius 1 is 1.50 bits per heavy atom. The fraction of sp³-hybridized carbons (Fsp3) is 0.308. The van der Waals surface area contributed by atoms with E-state index in [0.29, 0.717) is 0 Å². The minimum atomic E-state index is 0.125. The van der Waals surface area contributed by atoms with Crippen LogP contribution < -0.4 is 5.73 Å². The molecule has 0 saturated heterocycles. The minimum absolute atomic E-state index is 0.125. The third kappa shape index (κ3) is 4.28. The second-order valence-corrected chi connectivity index (χ2v) is 6.59. The first kappa shape index (κ1) is 13.9. The van der Waals surface area contributed by atoms with Crippen LogP contribution in [0.25, 0.3) is 0 Å². The molecule has 1 aromatic carbocycles. The second kappa shape index (κ2) is 6.57. The number of aryl methyl sites for hydroxylation is 1. The predicted octanol–water partition coefficient (Wildman–Crippen LogP) is 3.77. The van der Waals surface area contributed by atoms with Gasteiger partial charge in [-0.1, -0.05) is 17.7 Å². The monoisotopic (exact) mass is 298 g/mol. The molecule has 1 heterocycles. The SMILES string of the molecule is Cc1csc(CC(N)CSc2cccc(Cl)c2)n1. The highest BCUT2D eigenvalue weighted by Gasteiger charge is 2.08. The summed E-state index contributed by atoms with van der Waals surface area (Å²) >= 11 is 9.36. The lowest BCUT2D eigenvalue weighted by Gasteiger charge is -2.09. The van der Waals surface area contributed by atoms with Crippen molar-refractivity contribution in [1.29, 1.82) is 0 Å². The largest absolute Gasteiger partial charge is 0.327 e. The van der Waals surface area contributed by atoms with Gasteiger partial charge in [0.2, 0.25) is 0 Å². The van der Waals surface area contributed by atoms with Crippen molar-refractivity contribution in [3.63, 3.8) is 0 Å². The van der Waals surface area contributed by atoms with E-state index in [1.807, 2.05) is 25.1 Å². The standard InChI is InChI=1S/C13H15ClN2S2/c1-9-7-18-13(16-9)6-11(15)8-17-12-4-2-3-10(14)5-12/h2-5,7,11H,6,8,15H2,1H3. The summed E-state index contributed by atoms with van der Waals surface area (Å²) in [5.41, 5.74) is 7.19. The Hall–Kier alpha value is -0.550. The van der Waals surface area contributed by atoms with Crippen LogP contribution in [-0.4, -0.2) is 16.8 Å². The van der Waals surface area contributed by atoms with Crippen molar-refractivity contribution in [3.8, 4) is 0 Å². The van der Waals surface area contributed by atoms with Gasteiger partial charge >= 0.3 is 0 Å². The van der Waals surface area contributed by atoms with Crippen LogP contribution in [0.2, 0.25) is 5.02 Å². The summed E-state index contributed by atoms with van der Waals surface area (Å²) < 4.78 is 0. The van der Waals surface area contributed by atoms with E-state index in [2.05, 4.69) is 16.4 Å². The maximum atomic E-state index is 6.11. The second-order valence-electron chi connectivity index (χ2n) is 4.12. The smallest absolute Gasteiger partial charge is 0.0943 e. The summed E-state index contributed by atoms with van der Waals surface area (Å²) in [6.45, 7) is 2.01. The van der Waals surface area contributed by atoms with Crippen molar-refractivity contribution in [1.82, 2.24) is 4.98 Å². The van der Waals surface area contributed by atoms with E-state index in [0.717, 1.165) is 32.8 Å². The van der Waals surface area contributed by atoms with Crippen molar-refractivity contribution >= 4 is 34.7 Å². The molecule has 18 heavy (non-hydrogen) atoms. The molecule has 1 aromatic heterocycles. The molecule has 0 amide bonds. The first-order valence-corrected chi connectivity index (χ1v) is 7.93. The van der Waals surface area contributed by atoms with Crippen LogP contribution in [0.5, 0.6) is 0 Å². The first-order valence-electron chi connectivity index (χ1n) is 5.68. The van der Waals surface area contributed by atoms with E-state index in [9.17, 15) is 0 Å². The molecule has 5 heteroatoms.